The highest BCUT2D eigenvalue weighted by molar-refractivity contribution is 7.22. The Hall–Kier alpha value is -2.51. The van der Waals surface area contributed by atoms with Gasteiger partial charge in [-0.1, -0.05) is 22.9 Å². The highest BCUT2D eigenvalue weighted by Gasteiger charge is 2.24. The van der Waals surface area contributed by atoms with Crippen LogP contribution in [0.25, 0.3) is 10.2 Å². The van der Waals surface area contributed by atoms with Crippen LogP contribution < -0.4 is 14.4 Å². The number of halogens is 1. The number of hydrogen-bond acceptors (Lipinski definition) is 6. The Bertz CT molecular complexity index is 1050. The SMILES string of the molecule is CCOc1ccc(C(=O)N2CCN(c3nc4ccc(Cl)cc4s3)CC2)cc1OCC. The predicted octanol–water partition coefficient (Wildman–Crippen LogP) is 4.71. The normalized spacial score (nSPS) is 14.2. The van der Waals surface area contributed by atoms with Crippen molar-refractivity contribution in [3.63, 3.8) is 0 Å². The summed E-state index contributed by atoms with van der Waals surface area (Å²) in [5.74, 6) is 1.28. The summed E-state index contributed by atoms with van der Waals surface area (Å²) < 4.78 is 12.3. The monoisotopic (exact) mass is 445 g/mol. The highest BCUT2D eigenvalue weighted by atomic mass is 35.5. The van der Waals surface area contributed by atoms with E-state index < -0.39 is 0 Å². The van der Waals surface area contributed by atoms with Gasteiger partial charge in [0.2, 0.25) is 0 Å². The fourth-order valence-electron chi connectivity index (χ4n) is 3.49. The van der Waals surface area contributed by atoms with E-state index in [2.05, 4.69) is 4.90 Å². The lowest BCUT2D eigenvalue weighted by Crippen LogP contribution is -2.48. The summed E-state index contributed by atoms with van der Waals surface area (Å²) in [5, 5.41) is 1.69. The highest BCUT2D eigenvalue weighted by Crippen LogP contribution is 2.32. The number of amides is 1. The third kappa shape index (κ3) is 4.32. The largest absolute Gasteiger partial charge is 0.490 e. The van der Waals surface area contributed by atoms with Gasteiger partial charge in [-0.2, -0.15) is 0 Å². The van der Waals surface area contributed by atoms with Crippen LogP contribution in [0.1, 0.15) is 24.2 Å². The van der Waals surface area contributed by atoms with Gasteiger partial charge < -0.3 is 19.3 Å². The molecule has 158 valence electrons. The first-order chi connectivity index (χ1) is 14.6. The number of anilines is 1. The van der Waals surface area contributed by atoms with Gasteiger partial charge >= 0.3 is 0 Å². The Morgan fingerprint density at radius 3 is 2.50 bits per heavy atom. The van der Waals surface area contributed by atoms with Crippen molar-refractivity contribution in [1.29, 1.82) is 0 Å². The summed E-state index contributed by atoms with van der Waals surface area (Å²) in [6, 6.07) is 11.1. The van der Waals surface area contributed by atoms with Crippen LogP contribution in [0.4, 0.5) is 5.13 Å². The molecular weight excluding hydrogens is 422 g/mol. The number of ether oxygens (including phenoxy) is 2. The first-order valence-corrected chi connectivity index (χ1v) is 11.3. The molecule has 0 bridgehead atoms. The number of rotatable bonds is 6. The van der Waals surface area contributed by atoms with Crippen molar-refractivity contribution >= 4 is 44.2 Å². The van der Waals surface area contributed by atoms with Crippen LogP contribution in [-0.2, 0) is 0 Å². The van der Waals surface area contributed by atoms with Gasteiger partial charge in [-0.15, -0.1) is 0 Å². The summed E-state index contributed by atoms with van der Waals surface area (Å²) in [5.41, 5.74) is 1.57. The summed E-state index contributed by atoms with van der Waals surface area (Å²) in [4.78, 5) is 21.9. The van der Waals surface area contributed by atoms with Crippen molar-refractivity contribution in [2.24, 2.45) is 0 Å². The summed E-state index contributed by atoms with van der Waals surface area (Å²) in [7, 11) is 0. The molecular formula is C22H24ClN3O3S. The maximum Gasteiger partial charge on any atom is 0.254 e. The molecule has 0 atom stereocenters. The number of aromatic nitrogens is 1. The summed E-state index contributed by atoms with van der Waals surface area (Å²) in [6.07, 6.45) is 0. The lowest BCUT2D eigenvalue weighted by atomic mass is 10.1. The molecule has 8 heteroatoms. The van der Waals surface area contributed by atoms with E-state index in [1.165, 1.54) is 0 Å². The van der Waals surface area contributed by atoms with Crippen LogP contribution in [0.5, 0.6) is 11.5 Å². The topological polar surface area (TPSA) is 54.9 Å². The lowest BCUT2D eigenvalue weighted by molar-refractivity contribution is 0.0746. The van der Waals surface area contributed by atoms with Gasteiger partial charge in [0, 0.05) is 36.8 Å². The fraction of sp³-hybridized carbons (Fsp3) is 0.364. The van der Waals surface area contributed by atoms with Gasteiger partial charge in [0.1, 0.15) is 0 Å². The van der Waals surface area contributed by atoms with E-state index in [9.17, 15) is 4.79 Å². The zero-order valence-electron chi connectivity index (χ0n) is 17.1. The molecule has 4 rings (SSSR count). The van der Waals surface area contributed by atoms with E-state index in [1.54, 1.807) is 23.5 Å². The second kappa shape index (κ2) is 9.10. The Balaban J connectivity index is 1.44. The van der Waals surface area contributed by atoms with Crippen molar-refractivity contribution in [3.8, 4) is 11.5 Å². The van der Waals surface area contributed by atoms with E-state index in [0.29, 0.717) is 43.4 Å². The Morgan fingerprint density at radius 1 is 1.03 bits per heavy atom. The van der Waals surface area contributed by atoms with Crippen LogP contribution in [0.15, 0.2) is 36.4 Å². The molecule has 1 fully saturated rings. The van der Waals surface area contributed by atoms with Gasteiger partial charge in [-0.05, 0) is 50.2 Å². The van der Waals surface area contributed by atoms with Crippen LogP contribution >= 0.6 is 22.9 Å². The van der Waals surface area contributed by atoms with E-state index in [0.717, 1.165) is 33.5 Å². The minimum absolute atomic E-state index is 0.00901. The Kier molecular flexibility index (Phi) is 6.29. The smallest absolute Gasteiger partial charge is 0.254 e. The number of hydrogen-bond donors (Lipinski definition) is 0. The van der Waals surface area contributed by atoms with Crippen LogP contribution in [0.3, 0.4) is 0 Å². The average Bonchev–Trinajstić information content (AvgIpc) is 3.18. The minimum atomic E-state index is 0.00901. The number of carbonyl (C=O) groups is 1. The number of nitrogens with zero attached hydrogens (tertiary/aromatic N) is 3. The van der Waals surface area contributed by atoms with Crippen molar-refractivity contribution in [3.05, 3.63) is 47.0 Å². The molecule has 1 saturated heterocycles. The fourth-order valence-corrected chi connectivity index (χ4v) is 4.78. The van der Waals surface area contributed by atoms with Crippen molar-refractivity contribution in [2.75, 3.05) is 44.3 Å². The molecule has 0 spiro atoms. The van der Waals surface area contributed by atoms with Crippen LogP contribution in [0, 0.1) is 0 Å². The van der Waals surface area contributed by atoms with Gasteiger partial charge in [0.25, 0.3) is 5.91 Å². The van der Waals surface area contributed by atoms with E-state index in [-0.39, 0.29) is 5.91 Å². The van der Waals surface area contributed by atoms with Gasteiger partial charge in [-0.3, -0.25) is 4.79 Å². The lowest BCUT2D eigenvalue weighted by Gasteiger charge is -2.34. The van der Waals surface area contributed by atoms with Gasteiger partial charge in [-0.25, -0.2) is 4.98 Å². The Labute approximate surface area is 185 Å². The number of piperazine rings is 1. The molecule has 1 aromatic heterocycles. The van der Waals surface area contributed by atoms with E-state index in [4.69, 9.17) is 26.1 Å². The predicted molar refractivity (Wildman–Crippen MR) is 122 cm³/mol. The molecule has 0 aliphatic carbocycles. The molecule has 0 saturated carbocycles. The molecule has 2 aromatic carbocycles. The Morgan fingerprint density at radius 2 is 1.77 bits per heavy atom. The van der Waals surface area contributed by atoms with Crippen molar-refractivity contribution in [1.82, 2.24) is 9.88 Å². The summed E-state index contributed by atoms with van der Waals surface area (Å²) >= 11 is 7.72. The second-order valence-corrected chi connectivity index (χ2v) is 8.36. The third-order valence-electron chi connectivity index (χ3n) is 4.97. The van der Waals surface area contributed by atoms with Crippen molar-refractivity contribution in [2.45, 2.75) is 13.8 Å². The maximum atomic E-state index is 13.0. The number of benzene rings is 2. The van der Waals surface area contributed by atoms with Crippen molar-refractivity contribution < 1.29 is 14.3 Å². The van der Waals surface area contributed by atoms with Crippen LogP contribution in [-0.4, -0.2) is 55.2 Å². The zero-order chi connectivity index (χ0) is 21.1. The molecule has 1 amide bonds. The standard InChI is InChI=1S/C22H24ClN3O3S/c1-3-28-18-8-5-15(13-19(18)29-4-2)21(27)25-9-11-26(12-10-25)22-24-17-7-6-16(23)14-20(17)30-22/h5-8,13-14H,3-4,9-12H2,1-2H3. The third-order valence-corrected chi connectivity index (χ3v) is 6.28. The zero-order valence-corrected chi connectivity index (χ0v) is 18.6. The molecule has 6 nitrogen and oxygen atoms in total. The molecule has 1 aliphatic rings. The minimum Gasteiger partial charge on any atom is -0.490 e. The van der Waals surface area contributed by atoms with Gasteiger partial charge in [0.05, 0.1) is 23.4 Å². The van der Waals surface area contributed by atoms with Gasteiger partial charge in [0.15, 0.2) is 16.6 Å². The molecule has 0 radical (unpaired) electrons. The molecule has 30 heavy (non-hydrogen) atoms. The molecule has 0 N–H and O–H groups in total. The van der Waals surface area contributed by atoms with E-state index >= 15 is 0 Å². The molecule has 2 heterocycles. The molecule has 3 aromatic rings. The maximum absolute atomic E-state index is 13.0. The first-order valence-electron chi connectivity index (χ1n) is 10.1. The van der Waals surface area contributed by atoms with E-state index in [1.807, 2.05) is 43.0 Å². The number of carbonyl (C=O) groups excluding carboxylic acids is 1. The quantitative estimate of drug-likeness (QED) is 0.550. The molecule has 1 aliphatic heterocycles. The average molecular weight is 446 g/mol. The number of thiazole rings is 1. The first kappa shape index (κ1) is 20.8. The van der Waals surface area contributed by atoms with Crippen LogP contribution in [0.2, 0.25) is 5.02 Å². The summed E-state index contributed by atoms with van der Waals surface area (Å²) in [6.45, 7) is 7.69. The molecule has 0 unspecified atom stereocenters. The number of fused-ring (bicyclic) bond motifs is 1. The second-order valence-electron chi connectivity index (χ2n) is 6.92.